The molecule has 5 heteroatoms. The Morgan fingerprint density at radius 1 is 1.18 bits per heavy atom. The number of hydrogen-bond acceptors (Lipinski definition) is 3. The molecule has 1 aromatic carbocycles. The fourth-order valence-corrected chi connectivity index (χ4v) is 4.52. The fourth-order valence-electron chi connectivity index (χ4n) is 3.25. The standard InChI is InChI=1S/C17H17FN2OS/c18-12-7-5-11(6-8-12)9-20-10-19-16-15(17(20)21)13-3-1-2-4-14(13)22-16/h5-8,19H,1-4,9-10H2. The number of nitrogens with zero attached hydrogens (tertiary/aromatic N) is 1. The van der Waals surface area contributed by atoms with Gasteiger partial charge in [0.15, 0.2) is 0 Å². The van der Waals surface area contributed by atoms with Gasteiger partial charge in [-0.05, 0) is 48.9 Å². The van der Waals surface area contributed by atoms with Gasteiger partial charge in [-0.25, -0.2) is 4.39 Å². The summed E-state index contributed by atoms with van der Waals surface area (Å²) in [5.74, 6) is -0.140. The molecule has 0 radical (unpaired) electrons. The number of benzene rings is 1. The molecule has 1 aliphatic carbocycles. The molecular formula is C17H17FN2OS. The average molecular weight is 316 g/mol. The molecule has 0 fully saturated rings. The minimum atomic E-state index is -0.249. The first kappa shape index (κ1) is 13.8. The summed E-state index contributed by atoms with van der Waals surface area (Å²) in [5.41, 5.74) is 3.09. The summed E-state index contributed by atoms with van der Waals surface area (Å²) in [6.45, 7) is 1.03. The van der Waals surface area contributed by atoms with Crippen LogP contribution in [0.25, 0.3) is 0 Å². The number of halogens is 1. The van der Waals surface area contributed by atoms with Crippen molar-refractivity contribution in [2.45, 2.75) is 32.2 Å². The van der Waals surface area contributed by atoms with Gasteiger partial charge in [-0.1, -0.05) is 12.1 Å². The topological polar surface area (TPSA) is 32.3 Å². The van der Waals surface area contributed by atoms with Crippen LogP contribution in [-0.4, -0.2) is 17.5 Å². The van der Waals surface area contributed by atoms with Gasteiger partial charge in [-0.15, -0.1) is 11.3 Å². The maximum atomic E-state index is 13.0. The van der Waals surface area contributed by atoms with Crippen molar-refractivity contribution in [2.24, 2.45) is 0 Å². The maximum absolute atomic E-state index is 13.0. The van der Waals surface area contributed by atoms with E-state index in [1.54, 1.807) is 28.4 Å². The second-order valence-corrected chi connectivity index (χ2v) is 6.98. The molecule has 2 aromatic rings. The molecule has 0 bridgehead atoms. The lowest BCUT2D eigenvalue weighted by atomic mass is 9.94. The van der Waals surface area contributed by atoms with E-state index in [1.807, 2.05) is 0 Å². The monoisotopic (exact) mass is 316 g/mol. The van der Waals surface area contributed by atoms with E-state index in [4.69, 9.17) is 0 Å². The second kappa shape index (κ2) is 5.39. The van der Waals surface area contributed by atoms with Gasteiger partial charge in [0, 0.05) is 11.4 Å². The number of thiophene rings is 1. The number of fused-ring (bicyclic) bond motifs is 3. The molecule has 3 nitrogen and oxygen atoms in total. The SMILES string of the molecule is O=C1c2c(sc3c2CCCC3)NCN1Cc1ccc(F)cc1. The molecule has 1 aromatic heterocycles. The van der Waals surface area contributed by atoms with Crippen LogP contribution in [-0.2, 0) is 19.4 Å². The molecule has 2 heterocycles. The average Bonchev–Trinajstić information content (AvgIpc) is 2.91. The Kier molecular flexibility index (Phi) is 3.37. The van der Waals surface area contributed by atoms with E-state index in [1.165, 1.54) is 35.4 Å². The van der Waals surface area contributed by atoms with E-state index in [9.17, 15) is 9.18 Å². The van der Waals surface area contributed by atoms with Crippen LogP contribution in [0.4, 0.5) is 9.39 Å². The Morgan fingerprint density at radius 2 is 1.95 bits per heavy atom. The number of anilines is 1. The van der Waals surface area contributed by atoms with E-state index in [0.717, 1.165) is 29.0 Å². The normalized spacial score (nSPS) is 17.0. The Bertz CT molecular complexity index is 723. The van der Waals surface area contributed by atoms with Crippen molar-refractivity contribution in [1.82, 2.24) is 4.90 Å². The van der Waals surface area contributed by atoms with Crippen molar-refractivity contribution in [3.05, 3.63) is 51.7 Å². The summed E-state index contributed by atoms with van der Waals surface area (Å²) >= 11 is 1.74. The lowest BCUT2D eigenvalue weighted by molar-refractivity contribution is 0.0746. The van der Waals surface area contributed by atoms with Crippen molar-refractivity contribution >= 4 is 22.2 Å². The van der Waals surface area contributed by atoms with Crippen LogP contribution in [0.3, 0.4) is 0 Å². The Morgan fingerprint density at radius 3 is 2.77 bits per heavy atom. The Labute approximate surface area is 132 Å². The number of rotatable bonds is 2. The zero-order valence-electron chi connectivity index (χ0n) is 12.2. The van der Waals surface area contributed by atoms with E-state index in [-0.39, 0.29) is 11.7 Å². The van der Waals surface area contributed by atoms with Crippen molar-refractivity contribution in [3.8, 4) is 0 Å². The molecule has 0 unspecified atom stereocenters. The predicted octanol–water partition coefficient (Wildman–Crippen LogP) is 3.79. The lowest BCUT2D eigenvalue weighted by Crippen LogP contribution is -2.39. The molecule has 1 N–H and O–H groups in total. The van der Waals surface area contributed by atoms with Crippen LogP contribution >= 0.6 is 11.3 Å². The number of carbonyl (C=O) groups excluding carboxylic acids is 1. The first-order valence-electron chi connectivity index (χ1n) is 7.64. The Balaban J connectivity index is 1.61. The van der Waals surface area contributed by atoms with Crippen molar-refractivity contribution < 1.29 is 9.18 Å². The highest BCUT2D eigenvalue weighted by Crippen LogP contribution is 2.40. The number of carbonyl (C=O) groups is 1. The van der Waals surface area contributed by atoms with Crippen LogP contribution in [0, 0.1) is 5.82 Å². The van der Waals surface area contributed by atoms with Gasteiger partial charge < -0.3 is 10.2 Å². The van der Waals surface area contributed by atoms with E-state index in [2.05, 4.69) is 5.32 Å². The number of hydrogen-bond donors (Lipinski definition) is 1. The van der Waals surface area contributed by atoms with Crippen LogP contribution in [0.5, 0.6) is 0 Å². The van der Waals surface area contributed by atoms with Crippen LogP contribution < -0.4 is 5.32 Å². The molecule has 114 valence electrons. The fraction of sp³-hybridized carbons (Fsp3) is 0.353. The highest BCUT2D eigenvalue weighted by molar-refractivity contribution is 7.16. The van der Waals surface area contributed by atoms with Crippen molar-refractivity contribution in [3.63, 3.8) is 0 Å². The van der Waals surface area contributed by atoms with E-state index < -0.39 is 0 Å². The maximum Gasteiger partial charge on any atom is 0.258 e. The van der Waals surface area contributed by atoms with Crippen LogP contribution in [0.15, 0.2) is 24.3 Å². The number of amides is 1. The van der Waals surface area contributed by atoms with Crippen LogP contribution in [0.2, 0.25) is 0 Å². The summed E-state index contributed by atoms with van der Waals surface area (Å²) in [6.07, 6.45) is 4.50. The summed E-state index contributed by atoms with van der Waals surface area (Å²) in [4.78, 5) is 16.0. The van der Waals surface area contributed by atoms with Crippen molar-refractivity contribution in [1.29, 1.82) is 0 Å². The third-order valence-electron chi connectivity index (χ3n) is 4.39. The molecule has 2 aliphatic rings. The highest BCUT2D eigenvalue weighted by atomic mass is 32.1. The Hall–Kier alpha value is -1.88. The van der Waals surface area contributed by atoms with Gasteiger partial charge >= 0.3 is 0 Å². The van der Waals surface area contributed by atoms with Gasteiger partial charge in [-0.3, -0.25) is 4.79 Å². The molecule has 0 atom stereocenters. The van der Waals surface area contributed by atoms with E-state index >= 15 is 0 Å². The van der Waals surface area contributed by atoms with Crippen LogP contribution in [0.1, 0.15) is 39.2 Å². The number of nitrogens with one attached hydrogen (secondary N) is 1. The third kappa shape index (κ3) is 2.29. The molecule has 1 amide bonds. The molecule has 4 rings (SSSR count). The molecular weight excluding hydrogens is 299 g/mol. The summed E-state index contributed by atoms with van der Waals surface area (Å²) in [7, 11) is 0. The lowest BCUT2D eigenvalue weighted by Gasteiger charge is -2.29. The zero-order chi connectivity index (χ0) is 15.1. The quantitative estimate of drug-likeness (QED) is 0.914. The molecule has 0 saturated heterocycles. The molecule has 1 aliphatic heterocycles. The van der Waals surface area contributed by atoms with Crippen molar-refractivity contribution in [2.75, 3.05) is 12.0 Å². The van der Waals surface area contributed by atoms with Gasteiger partial charge in [0.2, 0.25) is 0 Å². The minimum Gasteiger partial charge on any atom is -0.359 e. The summed E-state index contributed by atoms with van der Waals surface area (Å²) in [6, 6.07) is 6.35. The zero-order valence-corrected chi connectivity index (χ0v) is 13.0. The predicted molar refractivity (Wildman–Crippen MR) is 85.7 cm³/mol. The smallest absolute Gasteiger partial charge is 0.258 e. The van der Waals surface area contributed by atoms with Gasteiger partial charge in [-0.2, -0.15) is 0 Å². The third-order valence-corrected chi connectivity index (χ3v) is 5.64. The number of aryl methyl sites for hydroxylation is 1. The first-order chi connectivity index (χ1) is 10.7. The summed E-state index contributed by atoms with van der Waals surface area (Å²) in [5, 5.41) is 4.42. The van der Waals surface area contributed by atoms with E-state index in [0.29, 0.717) is 13.2 Å². The minimum absolute atomic E-state index is 0.109. The first-order valence-corrected chi connectivity index (χ1v) is 8.46. The van der Waals surface area contributed by atoms with Gasteiger partial charge in [0.25, 0.3) is 5.91 Å². The van der Waals surface area contributed by atoms with Gasteiger partial charge in [0.05, 0.1) is 12.2 Å². The second-order valence-electron chi connectivity index (χ2n) is 5.88. The largest absolute Gasteiger partial charge is 0.359 e. The molecule has 0 saturated carbocycles. The van der Waals surface area contributed by atoms with Gasteiger partial charge in [0.1, 0.15) is 10.8 Å². The highest BCUT2D eigenvalue weighted by Gasteiger charge is 2.31. The summed E-state index contributed by atoms with van der Waals surface area (Å²) < 4.78 is 13.0. The molecule has 22 heavy (non-hydrogen) atoms. The molecule has 0 spiro atoms.